The molecular formula is C56H36O. The lowest BCUT2D eigenvalue weighted by atomic mass is 9.67. The average Bonchev–Trinajstić information content (AvgIpc) is 3.92. The van der Waals surface area contributed by atoms with E-state index in [1.54, 1.807) is 0 Å². The molecule has 0 N–H and O–H groups in total. The van der Waals surface area contributed by atoms with E-state index in [4.69, 9.17) is 4.42 Å². The monoisotopic (exact) mass is 724 g/mol. The summed E-state index contributed by atoms with van der Waals surface area (Å²) in [5, 5.41) is 2.28. The van der Waals surface area contributed by atoms with Crippen LogP contribution in [0.4, 0.5) is 0 Å². The Morgan fingerprint density at radius 2 is 0.684 bits per heavy atom. The van der Waals surface area contributed by atoms with Gasteiger partial charge in [-0.1, -0.05) is 188 Å². The van der Waals surface area contributed by atoms with E-state index in [1.807, 2.05) is 6.07 Å². The van der Waals surface area contributed by atoms with Crippen LogP contribution in [-0.2, 0) is 10.8 Å². The average molecular weight is 725 g/mol. The first-order chi connectivity index (χ1) is 28.3. The fraction of sp³-hybridized carbons (Fsp3) is 0.0357. The summed E-state index contributed by atoms with van der Waals surface area (Å²) < 4.78 is 6.33. The first-order valence-electron chi connectivity index (χ1n) is 19.8. The first kappa shape index (κ1) is 32.1. The van der Waals surface area contributed by atoms with Crippen molar-refractivity contribution in [2.45, 2.75) is 10.8 Å². The van der Waals surface area contributed by atoms with Gasteiger partial charge < -0.3 is 4.42 Å². The summed E-state index contributed by atoms with van der Waals surface area (Å²) in [7, 11) is 0. The lowest BCUT2D eigenvalue weighted by Gasteiger charge is -2.34. The molecule has 266 valence electrons. The molecule has 2 aliphatic carbocycles. The summed E-state index contributed by atoms with van der Waals surface area (Å²) in [6, 6.07) is 80.7. The Labute approximate surface area is 332 Å². The normalized spacial score (nSPS) is 15.9. The van der Waals surface area contributed by atoms with Crippen LogP contribution in [0.15, 0.2) is 223 Å². The van der Waals surface area contributed by atoms with Gasteiger partial charge in [0.05, 0.1) is 10.8 Å². The molecule has 9 aromatic carbocycles. The van der Waals surface area contributed by atoms with Gasteiger partial charge >= 0.3 is 0 Å². The summed E-state index contributed by atoms with van der Waals surface area (Å²) in [5.41, 5.74) is 18.7. The third kappa shape index (κ3) is 4.34. The third-order valence-electron chi connectivity index (χ3n) is 12.9. The maximum Gasteiger partial charge on any atom is 0.135 e. The fourth-order valence-electron chi connectivity index (χ4n) is 10.5. The van der Waals surface area contributed by atoms with Crippen molar-refractivity contribution < 1.29 is 4.42 Å². The van der Waals surface area contributed by atoms with Crippen molar-refractivity contribution in [3.63, 3.8) is 0 Å². The molecule has 0 saturated heterocycles. The Morgan fingerprint density at radius 1 is 0.263 bits per heavy atom. The van der Waals surface area contributed by atoms with Crippen LogP contribution in [0.2, 0.25) is 0 Å². The highest BCUT2D eigenvalue weighted by Crippen LogP contribution is 2.59. The van der Waals surface area contributed by atoms with Crippen LogP contribution in [0, 0.1) is 0 Å². The molecule has 2 aliphatic rings. The number of fused-ring (bicyclic) bond motifs is 9. The van der Waals surface area contributed by atoms with Gasteiger partial charge in [0.25, 0.3) is 0 Å². The Hall–Kier alpha value is -7.22. The van der Waals surface area contributed by atoms with Crippen molar-refractivity contribution in [2.75, 3.05) is 0 Å². The molecule has 0 fully saturated rings. The van der Waals surface area contributed by atoms with Gasteiger partial charge in [-0.2, -0.15) is 0 Å². The molecule has 10 aromatic rings. The van der Waals surface area contributed by atoms with Gasteiger partial charge in [0.2, 0.25) is 0 Å². The van der Waals surface area contributed by atoms with Crippen LogP contribution < -0.4 is 0 Å². The summed E-state index contributed by atoms with van der Waals surface area (Å²) in [6.07, 6.45) is 0. The van der Waals surface area contributed by atoms with Crippen LogP contribution in [0.1, 0.15) is 44.5 Å². The number of rotatable bonds is 5. The van der Waals surface area contributed by atoms with Gasteiger partial charge in [-0.15, -0.1) is 0 Å². The lowest BCUT2D eigenvalue weighted by molar-refractivity contribution is 0.668. The number of furan rings is 1. The van der Waals surface area contributed by atoms with Gasteiger partial charge in [-0.3, -0.25) is 0 Å². The molecule has 0 saturated carbocycles. The second kappa shape index (κ2) is 12.1. The van der Waals surface area contributed by atoms with Crippen LogP contribution >= 0.6 is 0 Å². The maximum atomic E-state index is 6.33. The standard InChI is InChI=1S/C56H36O/c1-4-16-39(17-5-1)55(40-18-6-2-7-19-40)49-25-13-10-22-43(49)46-34-37(28-31-51(46)55)38-29-32-52-47(35-38)44-23-11-14-26-50(44)56(52,41-20-8-3-9-21-41)42-30-33-54-48(36-42)45-24-12-15-27-53(45)57-54/h1-36H. The molecule has 1 nitrogen and oxygen atoms in total. The second-order valence-electron chi connectivity index (χ2n) is 15.5. The summed E-state index contributed by atoms with van der Waals surface area (Å²) >= 11 is 0. The molecule has 1 aromatic heterocycles. The summed E-state index contributed by atoms with van der Waals surface area (Å²) in [4.78, 5) is 0. The molecule has 0 spiro atoms. The van der Waals surface area contributed by atoms with E-state index < -0.39 is 10.8 Å². The topological polar surface area (TPSA) is 13.1 Å². The molecule has 0 aliphatic heterocycles. The predicted octanol–water partition coefficient (Wildman–Crippen LogP) is 14.0. The zero-order chi connectivity index (χ0) is 37.6. The minimum Gasteiger partial charge on any atom is -0.456 e. The molecule has 1 heteroatoms. The van der Waals surface area contributed by atoms with Crippen molar-refractivity contribution >= 4 is 21.9 Å². The molecule has 1 unspecified atom stereocenters. The molecule has 1 atom stereocenters. The lowest BCUT2D eigenvalue weighted by Crippen LogP contribution is -2.28. The quantitative estimate of drug-likeness (QED) is 0.172. The number of hydrogen-bond donors (Lipinski definition) is 0. The molecule has 1 heterocycles. The fourth-order valence-corrected chi connectivity index (χ4v) is 10.5. The molecule has 57 heavy (non-hydrogen) atoms. The minimum atomic E-state index is -0.514. The first-order valence-corrected chi connectivity index (χ1v) is 19.8. The van der Waals surface area contributed by atoms with Gasteiger partial charge in [0.15, 0.2) is 0 Å². The Balaban J connectivity index is 1.08. The highest BCUT2D eigenvalue weighted by Gasteiger charge is 2.48. The van der Waals surface area contributed by atoms with E-state index in [0.29, 0.717) is 0 Å². The number of hydrogen-bond acceptors (Lipinski definition) is 1. The third-order valence-corrected chi connectivity index (χ3v) is 12.9. The second-order valence-corrected chi connectivity index (χ2v) is 15.5. The number of para-hydroxylation sites is 1. The van der Waals surface area contributed by atoms with Crippen LogP contribution in [0.25, 0.3) is 55.3 Å². The number of benzene rings is 9. The molecule has 0 amide bonds. The van der Waals surface area contributed by atoms with Crippen LogP contribution in [0.3, 0.4) is 0 Å². The summed E-state index contributed by atoms with van der Waals surface area (Å²) in [5.74, 6) is 0. The van der Waals surface area contributed by atoms with Gasteiger partial charge in [0, 0.05) is 10.8 Å². The van der Waals surface area contributed by atoms with E-state index in [2.05, 4.69) is 212 Å². The van der Waals surface area contributed by atoms with E-state index >= 15 is 0 Å². The molecule has 12 rings (SSSR count). The van der Waals surface area contributed by atoms with Gasteiger partial charge in [-0.05, 0) is 108 Å². The smallest absolute Gasteiger partial charge is 0.135 e. The van der Waals surface area contributed by atoms with Crippen molar-refractivity contribution in [1.29, 1.82) is 0 Å². The van der Waals surface area contributed by atoms with Crippen LogP contribution in [-0.4, -0.2) is 0 Å². The van der Waals surface area contributed by atoms with Crippen LogP contribution in [0.5, 0.6) is 0 Å². The van der Waals surface area contributed by atoms with E-state index in [1.165, 1.54) is 77.9 Å². The van der Waals surface area contributed by atoms with Crippen molar-refractivity contribution in [2.24, 2.45) is 0 Å². The Bertz CT molecular complexity index is 3130. The SMILES string of the molecule is c1ccc(C2(c3ccccc3)c3ccccc3-c3cc(-c4ccc5c(c4)-c4ccccc4C5(c4ccccc4)c4ccc5oc6ccccc6c5c4)ccc32)cc1. The highest BCUT2D eigenvalue weighted by molar-refractivity contribution is 6.05. The van der Waals surface area contributed by atoms with Gasteiger partial charge in [-0.25, -0.2) is 0 Å². The zero-order valence-corrected chi connectivity index (χ0v) is 31.2. The van der Waals surface area contributed by atoms with E-state index in [9.17, 15) is 0 Å². The van der Waals surface area contributed by atoms with E-state index in [0.717, 1.165) is 21.9 Å². The van der Waals surface area contributed by atoms with Crippen molar-refractivity contribution in [3.8, 4) is 33.4 Å². The van der Waals surface area contributed by atoms with Crippen molar-refractivity contribution in [1.82, 2.24) is 0 Å². The molecular weight excluding hydrogens is 689 g/mol. The Morgan fingerprint density at radius 3 is 1.23 bits per heavy atom. The predicted molar refractivity (Wildman–Crippen MR) is 234 cm³/mol. The summed E-state index contributed by atoms with van der Waals surface area (Å²) in [6.45, 7) is 0. The molecule has 0 radical (unpaired) electrons. The zero-order valence-electron chi connectivity index (χ0n) is 31.2. The Kier molecular flexibility index (Phi) is 6.83. The largest absolute Gasteiger partial charge is 0.456 e. The van der Waals surface area contributed by atoms with Crippen molar-refractivity contribution in [3.05, 3.63) is 263 Å². The minimum absolute atomic E-state index is 0.416. The molecule has 0 bridgehead atoms. The van der Waals surface area contributed by atoms with Gasteiger partial charge in [0.1, 0.15) is 11.2 Å². The van der Waals surface area contributed by atoms with E-state index in [-0.39, 0.29) is 0 Å². The maximum absolute atomic E-state index is 6.33. The highest BCUT2D eigenvalue weighted by atomic mass is 16.3.